The summed E-state index contributed by atoms with van der Waals surface area (Å²) in [7, 11) is 0. The maximum absolute atomic E-state index is 12.0. The molecule has 2 rings (SSSR count). The lowest BCUT2D eigenvalue weighted by molar-refractivity contribution is 0.0896. The van der Waals surface area contributed by atoms with Gasteiger partial charge in [0, 0.05) is 10.4 Å². The van der Waals surface area contributed by atoms with Gasteiger partial charge in [-0.25, -0.2) is 0 Å². The number of benzene rings is 1. The molecule has 0 bridgehead atoms. The van der Waals surface area contributed by atoms with Crippen LogP contribution in [0.25, 0.3) is 0 Å². The van der Waals surface area contributed by atoms with Crippen molar-refractivity contribution in [3.8, 4) is 0 Å². The third-order valence-corrected chi connectivity index (χ3v) is 4.25. The van der Waals surface area contributed by atoms with Crippen molar-refractivity contribution in [3.63, 3.8) is 0 Å². The largest absolute Gasteiger partial charge is 0.294 e. The summed E-state index contributed by atoms with van der Waals surface area (Å²) in [6.07, 6.45) is 0.872. The molecule has 0 saturated heterocycles. The van der Waals surface area contributed by atoms with E-state index in [1.165, 1.54) is 16.2 Å². The third kappa shape index (κ3) is 3.38. The van der Waals surface area contributed by atoms with Crippen LogP contribution in [-0.4, -0.2) is 11.6 Å². The van der Waals surface area contributed by atoms with Gasteiger partial charge < -0.3 is 0 Å². The first-order valence-corrected chi connectivity index (χ1v) is 7.13. The molecule has 1 aromatic carbocycles. The fourth-order valence-corrected chi connectivity index (χ4v) is 2.68. The van der Waals surface area contributed by atoms with E-state index in [9.17, 15) is 9.59 Å². The lowest BCUT2D eigenvalue weighted by Gasteiger charge is -2.00. The number of hydrogen-bond donors (Lipinski definition) is 0. The minimum Gasteiger partial charge on any atom is -0.294 e. The van der Waals surface area contributed by atoms with Crippen LogP contribution in [-0.2, 0) is 6.42 Å². The van der Waals surface area contributed by atoms with Gasteiger partial charge in [-0.3, -0.25) is 9.59 Å². The Morgan fingerprint density at radius 2 is 1.68 bits per heavy atom. The molecule has 2 nitrogen and oxygen atoms in total. The summed E-state index contributed by atoms with van der Waals surface area (Å²) < 4.78 is 0. The monoisotopic (exact) mass is 272 g/mol. The summed E-state index contributed by atoms with van der Waals surface area (Å²) in [5, 5.41) is 0. The molecular weight excluding hydrogens is 256 g/mol. The molecule has 0 aliphatic carbocycles. The van der Waals surface area contributed by atoms with E-state index in [1.54, 1.807) is 12.1 Å². The fourth-order valence-electron chi connectivity index (χ4n) is 1.79. The summed E-state index contributed by atoms with van der Waals surface area (Å²) in [5.41, 5.74) is 1.71. The van der Waals surface area contributed by atoms with Crippen LogP contribution >= 0.6 is 11.3 Å². The van der Waals surface area contributed by atoms with Gasteiger partial charge >= 0.3 is 0 Å². The first-order chi connectivity index (χ1) is 9.10. The third-order valence-electron chi connectivity index (χ3n) is 2.98. The maximum Gasteiger partial charge on any atom is 0.180 e. The van der Waals surface area contributed by atoms with E-state index in [2.05, 4.69) is 6.92 Å². The minimum atomic E-state index is -0.114. The van der Waals surface area contributed by atoms with Crippen LogP contribution < -0.4 is 0 Å². The summed E-state index contributed by atoms with van der Waals surface area (Å²) >= 11 is 1.48. The molecule has 0 aliphatic rings. The van der Waals surface area contributed by atoms with E-state index >= 15 is 0 Å². The van der Waals surface area contributed by atoms with Crippen molar-refractivity contribution < 1.29 is 9.59 Å². The van der Waals surface area contributed by atoms with Crippen molar-refractivity contribution in [2.45, 2.75) is 26.7 Å². The molecule has 0 fully saturated rings. The quantitative estimate of drug-likeness (QED) is 0.607. The number of carbonyl (C=O) groups excluding carboxylic acids is 2. The highest BCUT2D eigenvalue weighted by Gasteiger charge is 2.15. The second-order valence-electron chi connectivity index (χ2n) is 4.51. The zero-order chi connectivity index (χ0) is 13.8. The van der Waals surface area contributed by atoms with Gasteiger partial charge in [-0.1, -0.05) is 36.8 Å². The molecule has 0 amide bonds. The zero-order valence-electron chi connectivity index (χ0n) is 11.1. The Kier molecular flexibility index (Phi) is 4.27. The minimum absolute atomic E-state index is 0.0489. The van der Waals surface area contributed by atoms with E-state index < -0.39 is 0 Å². The number of carbonyl (C=O) groups is 2. The van der Waals surface area contributed by atoms with E-state index in [4.69, 9.17) is 0 Å². The Bertz CT molecular complexity index is 593. The Morgan fingerprint density at radius 1 is 1.00 bits per heavy atom. The molecule has 0 spiro atoms. The van der Waals surface area contributed by atoms with E-state index in [0.717, 1.165) is 12.0 Å². The van der Waals surface area contributed by atoms with E-state index in [-0.39, 0.29) is 18.0 Å². The Morgan fingerprint density at radius 3 is 2.26 bits per heavy atom. The molecule has 3 heteroatoms. The predicted molar refractivity (Wildman–Crippen MR) is 78.2 cm³/mol. The topological polar surface area (TPSA) is 34.1 Å². The molecule has 2 aromatic rings. The summed E-state index contributed by atoms with van der Waals surface area (Å²) in [5.74, 6) is -0.202. The highest BCUT2D eigenvalue weighted by atomic mass is 32.1. The average molecular weight is 272 g/mol. The molecule has 0 N–H and O–H groups in total. The lowest BCUT2D eigenvalue weighted by atomic mass is 10.0. The number of rotatable bonds is 5. The van der Waals surface area contributed by atoms with Crippen molar-refractivity contribution in [2.75, 3.05) is 0 Å². The van der Waals surface area contributed by atoms with Gasteiger partial charge in [0.05, 0.1) is 11.3 Å². The maximum atomic E-state index is 12.0. The molecular formula is C16H16O2S. The number of thiophene rings is 1. The normalized spacial score (nSPS) is 10.4. The highest BCUT2D eigenvalue weighted by molar-refractivity contribution is 7.14. The highest BCUT2D eigenvalue weighted by Crippen LogP contribution is 2.19. The second kappa shape index (κ2) is 5.93. The van der Waals surface area contributed by atoms with Crippen LogP contribution in [0.15, 0.2) is 36.4 Å². The number of ketones is 2. The molecule has 0 unspecified atom stereocenters. The Labute approximate surface area is 117 Å². The summed E-state index contributed by atoms with van der Waals surface area (Å²) in [6.45, 7) is 4.02. The van der Waals surface area contributed by atoms with Gasteiger partial charge in [0.2, 0.25) is 0 Å². The number of hydrogen-bond acceptors (Lipinski definition) is 3. The second-order valence-corrected chi connectivity index (χ2v) is 5.68. The zero-order valence-corrected chi connectivity index (χ0v) is 11.9. The van der Waals surface area contributed by atoms with Crippen LogP contribution in [0.2, 0.25) is 0 Å². The van der Waals surface area contributed by atoms with Crippen LogP contribution in [0, 0.1) is 6.92 Å². The van der Waals surface area contributed by atoms with Crippen molar-refractivity contribution in [1.82, 2.24) is 0 Å². The summed E-state index contributed by atoms with van der Waals surface area (Å²) in [6, 6.07) is 11.1. The Balaban J connectivity index is 2.06. The molecule has 1 aromatic heterocycles. The fraction of sp³-hybridized carbons (Fsp3) is 0.250. The van der Waals surface area contributed by atoms with Crippen molar-refractivity contribution in [2.24, 2.45) is 0 Å². The molecule has 98 valence electrons. The van der Waals surface area contributed by atoms with Crippen LogP contribution in [0.4, 0.5) is 0 Å². The smallest absolute Gasteiger partial charge is 0.180 e. The van der Waals surface area contributed by atoms with Gasteiger partial charge in [-0.15, -0.1) is 11.3 Å². The SMILES string of the molecule is CCc1ccc(C(=O)CC(=O)c2ccc(C)cc2)s1. The van der Waals surface area contributed by atoms with Gasteiger partial charge in [0.1, 0.15) is 0 Å². The van der Waals surface area contributed by atoms with Crippen LogP contribution in [0.5, 0.6) is 0 Å². The lowest BCUT2D eigenvalue weighted by Crippen LogP contribution is -2.07. The van der Waals surface area contributed by atoms with Gasteiger partial charge in [-0.2, -0.15) is 0 Å². The van der Waals surface area contributed by atoms with Gasteiger partial charge in [-0.05, 0) is 25.5 Å². The van der Waals surface area contributed by atoms with Crippen LogP contribution in [0.1, 0.15) is 43.8 Å². The standard InChI is InChI=1S/C16H16O2S/c1-3-13-8-9-16(19-13)15(18)10-14(17)12-6-4-11(2)5-7-12/h4-9H,3,10H2,1-2H3. The van der Waals surface area contributed by atoms with Crippen molar-refractivity contribution in [3.05, 3.63) is 57.3 Å². The molecule has 1 heterocycles. The first kappa shape index (κ1) is 13.7. The molecule has 0 atom stereocenters. The predicted octanol–water partition coefficient (Wildman–Crippen LogP) is 4.07. The first-order valence-electron chi connectivity index (χ1n) is 6.32. The number of Topliss-reactive ketones (excluding diaryl/α,β-unsaturated/α-hetero) is 2. The summed E-state index contributed by atoms with van der Waals surface area (Å²) in [4.78, 5) is 25.9. The molecule has 0 saturated carbocycles. The average Bonchev–Trinajstić information content (AvgIpc) is 2.88. The molecule has 0 radical (unpaired) electrons. The van der Waals surface area contributed by atoms with Crippen LogP contribution in [0.3, 0.4) is 0 Å². The van der Waals surface area contributed by atoms with Gasteiger partial charge in [0.25, 0.3) is 0 Å². The van der Waals surface area contributed by atoms with E-state index in [0.29, 0.717) is 10.4 Å². The molecule has 0 aliphatic heterocycles. The Hall–Kier alpha value is -1.74. The molecule has 19 heavy (non-hydrogen) atoms. The van der Waals surface area contributed by atoms with Crippen molar-refractivity contribution >= 4 is 22.9 Å². The van der Waals surface area contributed by atoms with Gasteiger partial charge in [0.15, 0.2) is 11.6 Å². The number of aryl methyl sites for hydroxylation is 2. The van der Waals surface area contributed by atoms with Crippen molar-refractivity contribution in [1.29, 1.82) is 0 Å². The van der Waals surface area contributed by atoms with E-state index in [1.807, 2.05) is 31.2 Å².